The summed E-state index contributed by atoms with van der Waals surface area (Å²) in [6, 6.07) is 0.334. The molecule has 52 valence electrons. The third kappa shape index (κ3) is 1.01. The van der Waals surface area contributed by atoms with Crippen molar-refractivity contribution >= 4 is 0 Å². The standard InChI is InChI=1S/C7H9N3/c1-4-7-9-8-5-10(7)6(2)3/h1,5-6H,2-3H3. The quantitative estimate of drug-likeness (QED) is 0.534. The topological polar surface area (TPSA) is 30.7 Å². The second-order valence-corrected chi connectivity index (χ2v) is 2.30. The zero-order valence-corrected chi connectivity index (χ0v) is 6.07. The lowest BCUT2D eigenvalue weighted by atomic mass is 10.4. The van der Waals surface area contributed by atoms with Gasteiger partial charge in [-0.25, -0.2) is 0 Å². The van der Waals surface area contributed by atoms with Gasteiger partial charge in [-0.2, -0.15) is 0 Å². The predicted octanol–water partition coefficient (Wildman–Crippen LogP) is 0.840. The lowest BCUT2D eigenvalue weighted by Gasteiger charge is -2.04. The molecule has 1 rings (SSSR count). The van der Waals surface area contributed by atoms with Crippen molar-refractivity contribution in [1.82, 2.24) is 14.8 Å². The zero-order valence-electron chi connectivity index (χ0n) is 6.07. The minimum absolute atomic E-state index is 0.334. The Morgan fingerprint density at radius 3 is 2.80 bits per heavy atom. The maximum absolute atomic E-state index is 5.16. The first-order valence-corrected chi connectivity index (χ1v) is 3.12. The highest BCUT2D eigenvalue weighted by atomic mass is 15.3. The minimum Gasteiger partial charge on any atom is -0.304 e. The minimum atomic E-state index is 0.334. The van der Waals surface area contributed by atoms with Gasteiger partial charge >= 0.3 is 0 Å². The Kier molecular flexibility index (Phi) is 1.72. The molecule has 0 radical (unpaired) electrons. The van der Waals surface area contributed by atoms with E-state index >= 15 is 0 Å². The second kappa shape index (κ2) is 2.53. The molecule has 0 bridgehead atoms. The van der Waals surface area contributed by atoms with E-state index in [4.69, 9.17) is 6.42 Å². The lowest BCUT2D eigenvalue weighted by molar-refractivity contribution is 0.592. The molecular weight excluding hydrogens is 126 g/mol. The summed E-state index contributed by atoms with van der Waals surface area (Å²) in [4.78, 5) is 0. The van der Waals surface area contributed by atoms with E-state index in [0.29, 0.717) is 11.9 Å². The number of rotatable bonds is 1. The summed E-state index contributed by atoms with van der Waals surface area (Å²) in [5.41, 5.74) is 0. The van der Waals surface area contributed by atoms with Gasteiger partial charge in [0.25, 0.3) is 0 Å². The van der Waals surface area contributed by atoms with E-state index in [9.17, 15) is 0 Å². The summed E-state index contributed by atoms with van der Waals surface area (Å²) >= 11 is 0. The largest absolute Gasteiger partial charge is 0.304 e. The van der Waals surface area contributed by atoms with Crippen molar-refractivity contribution in [1.29, 1.82) is 0 Å². The average molecular weight is 135 g/mol. The van der Waals surface area contributed by atoms with Crippen LogP contribution in [-0.2, 0) is 0 Å². The van der Waals surface area contributed by atoms with Crippen molar-refractivity contribution in [3.8, 4) is 12.3 Å². The highest BCUT2D eigenvalue weighted by Crippen LogP contribution is 2.03. The molecule has 0 spiro atoms. The van der Waals surface area contributed by atoms with Crippen LogP contribution in [0.1, 0.15) is 25.7 Å². The third-order valence-corrected chi connectivity index (χ3v) is 1.26. The molecule has 1 aromatic heterocycles. The summed E-state index contributed by atoms with van der Waals surface area (Å²) in [6.45, 7) is 4.06. The van der Waals surface area contributed by atoms with Crippen LogP contribution in [0.25, 0.3) is 0 Å². The van der Waals surface area contributed by atoms with E-state index in [2.05, 4.69) is 16.1 Å². The molecule has 1 aromatic rings. The number of hydrogen-bond acceptors (Lipinski definition) is 2. The molecule has 0 saturated carbocycles. The Labute approximate surface area is 60.1 Å². The Bertz CT molecular complexity index is 254. The summed E-state index contributed by atoms with van der Waals surface area (Å²) in [5.74, 6) is 3.04. The SMILES string of the molecule is C#Cc1nncn1C(C)C. The van der Waals surface area contributed by atoms with Crippen LogP contribution in [0.3, 0.4) is 0 Å². The van der Waals surface area contributed by atoms with Crippen molar-refractivity contribution in [2.45, 2.75) is 19.9 Å². The second-order valence-electron chi connectivity index (χ2n) is 2.30. The molecule has 0 amide bonds. The number of nitrogens with zero attached hydrogens (tertiary/aromatic N) is 3. The maximum Gasteiger partial charge on any atom is 0.207 e. The number of hydrogen-bond donors (Lipinski definition) is 0. The summed E-state index contributed by atoms with van der Waals surface area (Å²) in [7, 11) is 0. The molecular formula is C7H9N3. The van der Waals surface area contributed by atoms with E-state index in [-0.39, 0.29) is 0 Å². The van der Waals surface area contributed by atoms with Gasteiger partial charge in [0.05, 0.1) is 0 Å². The van der Waals surface area contributed by atoms with E-state index in [1.165, 1.54) is 0 Å². The van der Waals surface area contributed by atoms with E-state index in [0.717, 1.165) is 0 Å². The highest BCUT2D eigenvalue weighted by Gasteiger charge is 2.02. The monoisotopic (exact) mass is 135 g/mol. The first kappa shape index (κ1) is 6.81. The summed E-state index contributed by atoms with van der Waals surface area (Å²) < 4.78 is 1.85. The average Bonchev–Trinajstić information content (AvgIpc) is 2.33. The van der Waals surface area contributed by atoms with Gasteiger partial charge in [-0.1, -0.05) is 0 Å². The molecule has 0 saturated heterocycles. The first-order chi connectivity index (χ1) is 4.75. The van der Waals surface area contributed by atoms with Crippen LogP contribution < -0.4 is 0 Å². The van der Waals surface area contributed by atoms with Gasteiger partial charge in [0, 0.05) is 6.04 Å². The van der Waals surface area contributed by atoms with Crippen LogP contribution in [0.2, 0.25) is 0 Å². The fourth-order valence-corrected chi connectivity index (χ4v) is 0.724. The van der Waals surface area contributed by atoms with Crippen LogP contribution >= 0.6 is 0 Å². The molecule has 0 aliphatic carbocycles. The van der Waals surface area contributed by atoms with Crippen molar-refractivity contribution < 1.29 is 0 Å². The van der Waals surface area contributed by atoms with Crippen LogP contribution in [0.15, 0.2) is 6.33 Å². The van der Waals surface area contributed by atoms with Gasteiger partial charge < -0.3 is 4.57 Å². The molecule has 0 aromatic carbocycles. The number of terminal acetylenes is 1. The Balaban J connectivity index is 3.05. The maximum atomic E-state index is 5.16. The van der Waals surface area contributed by atoms with Crippen LogP contribution in [0.5, 0.6) is 0 Å². The Hall–Kier alpha value is -1.30. The lowest BCUT2D eigenvalue weighted by Crippen LogP contribution is -2.01. The molecule has 3 nitrogen and oxygen atoms in total. The van der Waals surface area contributed by atoms with Crippen LogP contribution in [0.4, 0.5) is 0 Å². The fraction of sp³-hybridized carbons (Fsp3) is 0.429. The van der Waals surface area contributed by atoms with E-state index in [1.54, 1.807) is 6.33 Å². The van der Waals surface area contributed by atoms with Gasteiger partial charge in [-0.05, 0) is 19.8 Å². The van der Waals surface area contributed by atoms with Gasteiger partial charge in [-0.15, -0.1) is 16.6 Å². The Morgan fingerprint density at radius 1 is 1.70 bits per heavy atom. The predicted molar refractivity (Wildman–Crippen MR) is 38.3 cm³/mol. The molecule has 0 atom stereocenters. The molecule has 10 heavy (non-hydrogen) atoms. The van der Waals surface area contributed by atoms with Crippen molar-refractivity contribution in [3.05, 3.63) is 12.2 Å². The first-order valence-electron chi connectivity index (χ1n) is 3.12. The van der Waals surface area contributed by atoms with E-state index < -0.39 is 0 Å². The Morgan fingerprint density at radius 2 is 2.40 bits per heavy atom. The molecule has 0 aliphatic rings. The van der Waals surface area contributed by atoms with Crippen molar-refractivity contribution in [3.63, 3.8) is 0 Å². The van der Waals surface area contributed by atoms with Crippen molar-refractivity contribution in [2.75, 3.05) is 0 Å². The molecule has 3 heteroatoms. The van der Waals surface area contributed by atoms with Crippen LogP contribution in [-0.4, -0.2) is 14.8 Å². The molecule has 1 heterocycles. The van der Waals surface area contributed by atoms with Gasteiger partial charge in [-0.3, -0.25) is 0 Å². The zero-order chi connectivity index (χ0) is 7.56. The normalized spacial score (nSPS) is 9.80. The highest BCUT2D eigenvalue weighted by molar-refractivity contribution is 5.15. The molecule has 0 N–H and O–H groups in total. The number of aromatic nitrogens is 3. The van der Waals surface area contributed by atoms with E-state index in [1.807, 2.05) is 18.4 Å². The van der Waals surface area contributed by atoms with Crippen LogP contribution in [0, 0.1) is 12.3 Å². The third-order valence-electron chi connectivity index (χ3n) is 1.26. The smallest absolute Gasteiger partial charge is 0.207 e. The summed E-state index contributed by atoms with van der Waals surface area (Å²) in [6.07, 6.45) is 6.80. The van der Waals surface area contributed by atoms with Gasteiger partial charge in [0.15, 0.2) is 0 Å². The molecule has 0 fully saturated rings. The van der Waals surface area contributed by atoms with Gasteiger partial charge in [0.1, 0.15) is 6.33 Å². The molecule has 0 aliphatic heterocycles. The molecule has 0 unspecified atom stereocenters. The van der Waals surface area contributed by atoms with Crippen molar-refractivity contribution in [2.24, 2.45) is 0 Å². The van der Waals surface area contributed by atoms with Gasteiger partial charge in [0.2, 0.25) is 5.82 Å². The summed E-state index contributed by atoms with van der Waals surface area (Å²) in [5, 5.41) is 7.42. The fourth-order valence-electron chi connectivity index (χ4n) is 0.724.